The van der Waals surface area contributed by atoms with E-state index in [1.54, 1.807) is 13.3 Å². The molecule has 2 saturated heterocycles. The van der Waals surface area contributed by atoms with Crippen LogP contribution in [0.15, 0.2) is 114 Å². The highest BCUT2D eigenvalue weighted by molar-refractivity contribution is 9.10. The van der Waals surface area contributed by atoms with Crippen LogP contribution in [0, 0.1) is 0 Å². The number of hydrogen-bond acceptors (Lipinski definition) is 11. The van der Waals surface area contributed by atoms with Gasteiger partial charge in [0.05, 0.1) is 35.7 Å². The van der Waals surface area contributed by atoms with Gasteiger partial charge in [0.2, 0.25) is 11.9 Å². The van der Waals surface area contributed by atoms with Crippen molar-refractivity contribution in [3.63, 3.8) is 0 Å². The lowest BCUT2D eigenvalue weighted by molar-refractivity contribution is 0.185. The molecule has 0 aliphatic carbocycles. The first-order valence-electron chi connectivity index (χ1n) is 18.9. The minimum atomic E-state index is 0.568. The Morgan fingerprint density at radius 3 is 1.57 bits per heavy atom. The molecule has 6 heterocycles. The van der Waals surface area contributed by atoms with Crippen molar-refractivity contribution in [2.75, 3.05) is 94.0 Å². The predicted molar refractivity (Wildman–Crippen MR) is 229 cm³/mol. The van der Waals surface area contributed by atoms with E-state index < -0.39 is 0 Å². The number of anilines is 6. The van der Waals surface area contributed by atoms with Gasteiger partial charge in [-0.25, -0.2) is 19.0 Å². The molecule has 7 aromatic rings. The van der Waals surface area contributed by atoms with E-state index in [-0.39, 0.29) is 0 Å². The zero-order chi connectivity index (χ0) is 38.4. The van der Waals surface area contributed by atoms with E-state index in [0.29, 0.717) is 18.5 Å². The summed E-state index contributed by atoms with van der Waals surface area (Å²) in [6, 6.07) is 33.4. The van der Waals surface area contributed by atoms with Gasteiger partial charge in [0.15, 0.2) is 0 Å². The van der Waals surface area contributed by atoms with Crippen molar-refractivity contribution in [2.24, 2.45) is 0 Å². The van der Waals surface area contributed by atoms with Crippen LogP contribution in [-0.4, -0.2) is 113 Å². The molecule has 0 atom stereocenters. The van der Waals surface area contributed by atoms with Gasteiger partial charge in [-0.15, -0.1) is 10.2 Å². The average molecular weight is 816 g/mol. The van der Waals surface area contributed by atoms with E-state index in [1.165, 1.54) is 11.4 Å². The molecule has 0 saturated carbocycles. The first-order valence-corrected chi connectivity index (χ1v) is 19.7. The smallest absolute Gasteiger partial charge is 0.245 e. The van der Waals surface area contributed by atoms with Crippen molar-refractivity contribution in [1.29, 1.82) is 0 Å². The van der Waals surface area contributed by atoms with Gasteiger partial charge in [-0.2, -0.15) is 0 Å². The number of fused-ring (bicyclic) bond motifs is 2. The Kier molecular flexibility index (Phi) is 11.4. The lowest BCUT2D eigenvalue weighted by Gasteiger charge is -2.34. The molecule has 3 aromatic carbocycles. The summed E-state index contributed by atoms with van der Waals surface area (Å²) in [5.41, 5.74) is 9.66. The van der Waals surface area contributed by atoms with E-state index >= 15 is 0 Å². The highest BCUT2D eigenvalue weighted by Crippen LogP contribution is 2.26. The number of hydrogen-bond donors (Lipinski definition) is 2. The second kappa shape index (κ2) is 17.1. The molecule has 0 spiro atoms. The van der Waals surface area contributed by atoms with Crippen LogP contribution in [0.2, 0.25) is 0 Å². The quantitative estimate of drug-likeness (QED) is 0.157. The molecule has 2 aliphatic rings. The topological polar surface area (TPSA) is 107 Å². The van der Waals surface area contributed by atoms with Gasteiger partial charge in [-0.05, 0) is 108 Å². The molecule has 14 heteroatoms. The van der Waals surface area contributed by atoms with Crippen molar-refractivity contribution in [1.82, 2.24) is 39.0 Å². The Balaban J connectivity index is 0.000000164. The predicted octanol–water partition coefficient (Wildman–Crippen LogP) is 7.03. The molecule has 4 aromatic heterocycles. The second-order valence-corrected chi connectivity index (χ2v) is 15.1. The van der Waals surface area contributed by atoms with Crippen LogP contribution < -0.4 is 20.4 Å². The number of benzene rings is 3. The van der Waals surface area contributed by atoms with Crippen LogP contribution in [-0.2, 0) is 11.3 Å². The molecule has 0 amide bonds. The maximum absolute atomic E-state index is 5.21. The molecular weight excluding hydrogens is 768 g/mol. The number of rotatable bonds is 9. The fourth-order valence-corrected chi connectivity index (χ4v) is 7.36. The Morgan fingerprint density at radius 2 is 1.05 bits per heavy atom. The van der Waals surface area contributed by atoms with Gasteiger partial charge < -0.3 is 35.0 Å². The zero-order valence-corrected chi connectivity index (χ0v) is 33.6. The summed E-state index contributed by atoms with van der Waals surface area (Å²) >= 11 is 3.48. The van der Waals surface area contributed by atoms with Crippen LogP contribution in [0.3, 0.4) is 0 Å². The third-order valence-electron chi connectivity index (χ3n) is 10.3. The summed E-state index contributed by atoms with van der Waals surface area (Å²) in [4.78, 5) is 18.4. The molecule has 0 bridgehead atoms. The van der Waals surface area contributed by atoms with E-state index in [4.69, 9.17) is 9.84 Å². The maximum atomic E-state index is 5.21. The Morgan fingerprint density at radius 1 is 0.571 bits per heavy atom. The van der Waals surface area contributed by atoms with Crippen molar-refractivity contribution in [3.05, 3.63) is 120 Å². The molecule has 13 nitrogen and oxygen atoms in total. The van der Waals surface area contributed by atoms with Gasteiger partial charge in [0, 0.05) is 87.8 Å². The van der Waals surface area contributed by atoms with Gasteiger partial charge in [0.25, 0.3) is 0 Å². The van der Waals surface area contributed by atoms with Gasteiger partial charge in [-0.3, -0.25) is 0 Å². The first kappa shape index (κ1) is 37.4. The Labute approximate surface area is 335 Å². The van der Waals surface area contributed by atoms with Crippen molar-refractivity contribution in [2.45, 2.75) is 6.61 Å². The van der Waals surface area contributed by atoms with E-state index in [0.717, 1.165) is 96.2 Å². The molecule has 2 N–H and O–H groups in total. The number of nitrogens with zero attached hydrogens (tertiary/aromatic N) is 10. The standard InChI is InChI=1S/C25H28N6O.C17H19BrN6/c1-29-13-15-30(16-14-29)22-9-7-21(8-10-22)27-25-26-17-23-11-12-24(31(23)28-25)20-5-3-19(4-6-20)18-32-2;1-22-8-10-23(11-9-22)14-4-2-13(3-5-14)20-17-19-12-15-6-7-16(18)24(15)21-17/h3-12,17H,13-16,18H2,1-2H3,(H,27,28);2-7,12H,8-11H2,1H3,(H,20,21). The summed E-state index contributed by atoms with van der Waals surface area (Å²) in [7, 11) is 6.05. The number of halogens is 1. The highest BCUT2D eigenvalue weighted by atomic mass is 79.9. The maximum Gasteiger partial charge on any atom is 0.245 e. The molecular formula is C42H47BrN12O. The van der Waals surface area contributed by atoms with Crippen molar-refractivity contribution in [3.8, 4) is 11.3 Å². The monoisotopic (exact) mass is 814 g/mol. The Bertz CT molecular complexity index is 2350. The number of aromatic nitrogens is 6. The van der Waals surface area contributed by atoms with Crippen LogP contribution in [0.25, 0.3) is 22.3 Å². The summed E-state index contributed by atoms with van der Waals surface area (Å²) in [6.07, 6.45) is 3.65. The van der Waals surface area contributed by atoms with Crippen LogP contribution >= 0.6 is 15.9 Å². The van der Waals surface area contributed by atoms with E-state index in [9.17, 15) is 0 Å². The van der Waals surface area contributed by atoms with Gasteiger partial charge in [-0.1, -0.05) is 24.3 Å². The van der Waals surface area contributed by atoms with E-state index in [1.807, 2.05) is 33.4 Å². The SMILES string of the molecule is CN1CCN(c2ccc(Nc3ncc4ccc(Br)n4n3)cc2)CC1.COCc1ccc(-c2ccc3cnc(Nc4ccc(N5CCN(C)CC5)cc4)nn23)cc1. The highest BCUT2D eigenvalue weighted by Gasteiger charge is 2.16. The molecule has 56 heavy (non-hydrogen) atoms. The van der Waals surface area contributed by atoms with Gasteiger partial charge >= 0.3 is 0 Å². The van der Waals surface area contributed by atoms with Gasteiger partial charge in [0.1, 0.15) is 4.60 Å². The van der Waals surface area contributed by atoms with Crippen LogP contribution in [0.1, 0.15) is 5.56 Å². The summed E-state index contributed by atoms with van der Waals surface area (Å²) < 4.78 is 9.86. The number of ether oxygens (including phenoxy) is 1. The number of likely N-dealkylation sites (N-methyl/N-ethyl adjacent to an activating group) is 2. The molecule has 0 unspecified atom stereocenters. The van der Waals surface area contributed by atoms with E-state index in [2.05, 4.69) is 154 Å². The minimum absolute atomic E-state index is 0.568. The molecule has 2 aliphatic heterocycles. The summed E-state index contributed by atoms with van der Waals surface area (Å²) in [5, 5.41) is 15.8. The average Bonchev–Trinajstić information content (AvgIpc) is 3.82. The molecule has 0 radical (unpaired) electrons. The number of nitrogens with one attached hydrogen (secondary N) is 2. The third kappa shape index (κ3) is 8.79. The molecule has 9 rings (SSSR count). The third-order valence-corrected chi connectivity index (χ3v) is 10.9. The fraction of sp³-hybridized carbons (Fsp3) is 0.286. The summed E-state index contributed by atoms with van der Waals surface area (Å²) in [5.74, 6) is 1.14. The number of methoxy groups -OCH3 is 1. The minimum Gasteiger partial charge on any atom is -0.380 e. The number of piperazine rings is 2. The summed E-state index contributed by atoms with van der Waals surface area (Å²) in [6.45, 7) is 9.30. The van der Waals surface area contributed by atoms with Crippen molar-refractivity contribution < 1.29 is 4.74 Å². The largest absolute Gasteiger partial charge is 0.380 e. The van der Waals surface area contributed by atoms with Crippen molar-refractivity contribution >= 4 is 61.6 Å². The lowest BCUT2D eigenvalue weighted by Crippen LogP contribution is -2.44. The molecule has 288 valence electrons. The lowest BCUT2D eigenvalue weighted by atomic mass is 10.1. The first-order chi connectivity index (χ1) is 27.4. The normalized spacial score (nSPS) is 15.2. The molecule has 2 fully saturated rings. The fourth-order valence-electron chi connectivity index (χ4n) is 6.94. The Hall–Kier alpha value is -5.54. The zero-order valence-electron chi connectivity index (χ0n) is 32.0. The van der Waals surface area contributed by atoms with Crippen LogP contribution in [0.4, 0.5) is 34.6 Å². The second-order valence-electron chi connectivity index (χ2n) is 14.3. The van der Waals surface area contributed by atoms with Crippen LogP contribution in [0.5, 0.6) is 0 Å².